The van der Waals surface area contributed by atoms with Crippen LogP contribution in [0.25, 0.3) is 0 Å². The van der Waals surface area contributed by atoms with Crippen LogP contribution in [-0.2, 0) is 9.53 Å². The summed E-state index contributed by atoms with van der Waals surface area (Å²) in [4.78, 5) is 14.1. The topological polar surface area (TPSA) is 41.6 Å². The van der Waals surface area contributed by atoms with E-state index < -0.39 is 0 Å². The van der Waals surface area contributed by atoms with Crippen LogP contribution in [0.2, 0.25) is 0 Å². The van der Waals surface area contributed by atoms with Gasteiger partial charge in [-0.25, -0.2) is 0 Å². The standard InChI is InChI=1S/C12H24N2O2/c1-4-10(5-2)12(15)14-6-7-16-11(9-14)8-13-3/h10-11,13H,4-9H2,1-3H3. The van der Waals surface area contributed by atoms with Crippen molar-refractivity contribution in [2.45, 2.75) is 32.8 Å². The minimum atomic E-state index is 0.150. The van der Waals surface area contributed by atoms with Gasteiger partial charge in [0.15, 0.2) is 0 Å². The second-order valence-electron chi connectivity index (χ2n) is 4.35. The summed E-state index contributed by atoms with van der Waals surface area (Å²) < 4.78 is 5.59. The first-order valence-electron chi connectivity index (χ1n) is 6.27. The summed E-state index contributed by atoms with van der Waals surface area (Å²) >= 11 is 0. The quantitative estimate of drug-likeness (QED) is 0.759. The summed E-state index contributed by atoms with van der Waals surface area (Å²) in [7, 11) is 1.91. The molecule has 1 N–H and O–H groups in total. The van der Waals surface area contributed by atoms with Crippen molar-refractivity contribution >= 4 is 5.91 Å². The molecular formula is C12H24N2O2. The van der Waals surface area contributed by atoms with Gasteiger partial charge in [-0.15, -0.1) is 0 Å². The van der Waals surface area contributed by atoms with Crippen LogP contribution in [0.4, 0.5) is 0 Å². The fraction of sp³-hybridized carbons (Fsp3) is 0.917. The maximum atomic E-state index is 12.2. The summed E-state index contributed by atoms with van der Waals surface area (Å²) in [5.41, 5.74) is 0. The van der Waals surface area contributed by atoms with Gasteiger partial charge in [0, 0.05) is 25.6 Å². The Balaban J connectivity index is 2.49. The number of rotatable bonds is 5. The van der Waals surface area contributed by atoms with Crippen molar-refractivity contribution < 1.29 is 9.53 Å². The molecule has 0 aliphatic carbocycles. The minimum Gasteiger partial charge on any atom is -0.373 e. The smallest absolute Gasteiger partial charge is 0.225 e. The van der Waals surface area contributed by atoms with Gasteiger partial charge in [0.2, 0.25) is 5.91 Å². The zero-order valence-corrected chi connectivity index (χ0v) is 10.7. The zero-order valence-electron chi connectivity index (χ0n) is 10.7. The molecule has 1 aliphatic heterocycles. The molecule has 1 heterocycles. The van der Waals surface area contributed by atoms with Crippen LogP contribution in [0.15, 0.2) is 0 Å². The molecule has 1 atom stereocenters. The van der Waals surface area contributed by atoms with E-state index in [4.69, 9.17) is 4.74 Å². The molecule has 1 aliphatic rings. The van der Waals surface area contributed by atoms with Crippen molar-refractivity contribution in [1.82, 2.24) is 10.2 Å². The molecule has 0 saturated carbocycles. The molecule has 94 valence electrons. The minimum absolute atomic E-state index is 0.150. The number of nitrogens with zero attached hydrogens (tertiary/aromatic N) is 1. The Morgan fingerprint density at radius 1 is 1.50 bits per heavy atom. The van der Waals surface area contributed by atoms with Crippen LogP contribution < -0.4 is 5.32 Å². The predicted octanol–water partition coefficient (Wildman–Crippen LogP) is 0.869. The van der Waals surface area contributed by atoms with E-state index in [1.54, 1.807) is 0 Å². The Bertz CT molecular complexity index is 215. The van der Waals surface area contributed by atoms with Gasteiger partial charge in [-0.3, -0.25) is 4.79 Å². The SMILES string of the molecule is CCC(CC)C(=O)N1CCOC(CNC)C1. The molecule has 16 heavy (non-hydrogen) atoms. The maximum Gasteiger partial charge on any atom is 0.225 e. The molecule has 4 heteroatoms. The van der Waals surface area contributed by atoms with Crippen LogP contribution in [0.1, 0.15) is 26.7 Å². The van der Waals surface area contributed by atoms with E-state index >= 15 is 0 Å². The van der Waals surface area contributed by atoms with Crippen molar-refractivity contribution in [3.8, 4) is 0 Å². The predicted molar refractivity (Wildman–Crippen MR) is 64.3 cm³/mol. The van der Waals surface area contributed by atoms with E-state index in [-0.39, 0.29) is 12.0 Å². The number of morpholine rings is 1. The van der Waals surface area contributed by atoms with Crippen molar-refractivity contribution in [2.24, 2.45) is 5.92 Å². The van der Waals surface area contributed by atoms with Gasteiger partial charge in [0.05, 0.1) is 12.7 Å². The third-order valence-corrected chi connectivity index (χ3v) is 3.22. The van der Waals surface area contributed by atoms with Crippen molar-refractivity contribution in [2.75, 3.05) is 33.3 Å². The molecule has 4 nitrogen and oxygen atoms in total. The summed E-state index contributed by atoms with van der Waals surface area (Å²) in [6.45, 7) is 7.12. The van der Waals surface area contributed by atoms with E-state index in [1.807, 2.05) is 11.9 Å². The Morgan fingerprint density at radius 3 is 2.75 bits per heavy atom. The lowest BCUT2D eigenvalue weighted by atomic mass is 10.0. The number of likely N-dealkylation sites (N-methyl/N-ethyl adjacent to an activating group) is 1. The fourth-order valence-corrected chi connectivity index (χ4v) is 2.17. The van der Waals surface area contributed by atoms with E-state index in [2.05, 4.69) is 19.2 Å². The first-order valence-corrected chi connectivity index (χ1v) is 6.27. The number of carbonyl (C=O) groups excluding carboxylic acids is 1. The average Bonchev–Trinajstić information content (AvgIpc) is 2.31. The molecule has 1 unspecified atom stereocenters. The highest BCUT2D eigenvalue weighted by molar-refractivity contribution is 5.78. The Hall–Kier alpha value is -0.610. The molecule has 0 aromatic heterocycles. The highest BCUT2D eigenvalue weighted by Gasteiger charge is 2.27. The average molecular weight is 228 g/mol. The number of carbonyl (C=O) groups is 1. The van der Waals surface area contributed by atoms with E-state index in [0.717, 1.165) is 32.5 Å². The molecule has 1 fully saturated rings. The third-order valence-electron chi connectivity index (χ3n) is 3.22. The number of amides is 1. The van der Waals surface area contributed by atoms with E-state index in [0.29, 0.717) is 12.5 Å². The molecule has 0 bridgehead atoms. The van der Waals surface area contributed by atoms with Gasteiger partial charge in [-0.05, 0) is 19.9 Å². The Labute approximate surface area is 98.3 Å². The molecule has 1 saturated heterocycles. The molecule has 0 radical (unpaired) electrons. The number of ether oxygens (including phenoxy) is 1. The van der Waals surface area contributed by atoms with Crippen molar-refractivity contribution in [3.05, 3.63) is 0 Å². The lowest BCUT2D eigenvalue weighted by Crippen LogP contribution is -2.50. The number of hydrogen-bond donors (Lipinski definition) is 1. The molecule has 0 spiro atoms. The molecule has 1 amide bonds. The Morgan fingerprint density at radius 2 is 2.19 bits per heavy atom. The van der Waals surface area contributed by atoms with Crippen LogP contribution >= 0.6 is 0 Å². The van der Waals surface area contributed by atoms with Gasteiger partial charge >= 0.3 is 0 Å². The van der Waals surface area contributed by atoms with Crippen LogP contribution in [0.5, 0.6) is 0 Å². The second-order valence-corrected chi connectivity index (χ2v) is 4.35. The first-order chi connectivity index (χ1) is 7.72. The molecule has 0 aromatic carbocycles. The Kier molecular flexibility index (Phi) is 5.77. The highest BCUT2D eigenvalue weighted by atomic mass is 16.5. The van der Waals surface area contributed by atoms with Crippen molar-refractivity contribution in [3.63, 3.8) is 0 Å². The molecule has 0 aromatic rings. The summed E-state index contributed by atoms with van der Waals surface area (Å²) in [6.07, 6.45) is 2.02. The first kappa shape index (κ1) is 13.5. The fourth-order valence-electron chi connectivity index (χ4n) is 2.17. The third kappa shape index (κ3) is 3.46. The van der Waals surface area contributed by atoms with Gasteiger partial charge in [0.1, 0.15) is 0 Å². The monoisotopic (exact) mass is 228 g/mol. The van der Waals surface area contributed by atoms with Crippen LogP contribution in [0, 0.1) is 5.92 Å². The van der Waals surface area contributed by atoms with Crippen LogP contribution in [-0.4, -0.2) is 50.2 Å². The van der Waals surface area contributed by atoms with Crippen molar-refractivity contribution in [1.29, 1.82) is 0 Å². The zero-order chi connectivity index (χ0) is 12.0. The molecule has 1 rings (SSSR count). The normalized spacial score (nSPS) is 21.5. The lowest BCUT2D eigenvalue weighted by molar-refractivity contribution is -0.143. The maximum absolute atomic E-state index is 12.2. The summed E-state index contributed by atoms with van der Waals surface area (Å²) in [5, 5.41) is 3.09. The van der Waals surface area contributed by atoms with Gasteiger partial charge in [0.25, 0.3) is 0 Å². The molecular weight excluding hydrogens is 204 g/mol. The van der Waals surface area contributed by atoms with E-state index in [9.17, 15) is 4.79 Å². The number of hydrogen-bond acceptors (Lipinski definition) is 3. The number of nitrogens with one attached hydrogen (secondary N) is 1. The van der Waals surface area contributed by atoms with Crippen LogP contribution in [0.3, 0.4) is 0 Å². The summed E-state index contributed by atoms with van der Waals surface area (Å²) in [5.74, 6) is 0.489. The highest BCUT2D eigenvalue weighted by Crippen LogP contribution is 2.14. The largest absolute Gasteiger partial charge is 0.373 e. The van der Waals surface area contributed by atoms with E-state index in [1.165, 1.54) is 0 Å². The lowest BCUT2D eigenvalue weighted by Gasteiger charge is -2.34. The van der Waals surface area contributed by atoms with Gasteiger partial charge < -0.3 is 15.0 Å². The summed E-state index contributed by atoms with van der Waals surface area (Å²) in [6, 6.07) is 0. The van der Waals surface area contributed by atoms with Gasteiger partial charge in [-0.1, -0.05) is 13.8 Å². The van der Waals surface area contributed by atoms with Gasteiger partial charge in [-0.2, -0.15) is 0 Å². The second kappa shape index (κ2) is 6.86.